The summed E-state index contributed by atoms with van der Waals surface area (Å²) in [5, 5.41) is 37.1. The lowest BCUT2D eigenvalue weighted by Gasteiger charge is -2.23. The summed E-state index contributed by atoms with van der Waals surface area (Å²) >= 11 is 0. The van der Waals surface area contributed by atoms with Crippen molar-refractivity contribution in [2.45, 2.75) is 51.4 Å². The third kappa shape index (κ3) is 5.13. The summed E-state index contributed by atoms with van der Waals surface area (Å²) in [5.74, 6) is 0. The minimum absolute atomic E-state index is 0.0651. The number of nitriles is 2. The van der Waals surface area contributed by atoms with E-state index in [2.05, 4.69) is 63.8 Å². The molecule has 0 aliphatic heterocycles. The normalized spacial score (nSPS) is 15.0. The maximum absolute atomic E-state index is 14.0. The summed E-state index contributed by atoms with van der Waals surface area (Å²) in [7, 11) is 0. The Labute approximate surface area is 251 Å². The number of aromatic nitrogens is 5. The molecule has 1 aliphatic carbocycles. The molecule has 0 unspecified atom stereocenters. The molecule has 0 amide bonds. The number of hydrogen-bond donors (Lipinski definition) is 2. The van der Waals surface area contributed by atoms with Crippen LogP contribution in [0.2, 0.25) is 0 Å². The van der Waals surface area contributed by atoms with Crippen molar-refractivity contribution in [3.63, 3.8) is 0 Å². The molecular formula is C32H28F3N9. The van der Waals surface area contributed by atoms with Crippen LogP contribution in [0.3, 0.4) is 0 Å². The van der Waals surface area contributed by atoms with Crippen molar-refractivity contribution < 1.29 is 13.2 Å². The zero-order chi connectivity index (χ0) is 31.3. The van der Waals surface area contributed by atoms with Crippen LogP contribution in [-0.2, 0) is 5.54 Å². The van der Waals surface area contributed by atoms with Gasteiger partial charge in [0, 0.05) is 41.6 Å². The largest absolute Gasteiger partial charge is 0.413 e. The van der Waals surface area contributed by atoms with Gasteiger partial charge in [-0.1, -0.05) is 44.2 Å². The van der Waals surface area contributed by atoms with Crippen LogP contribution in [0.4, 0.5) is 24.5 Å². The molecule has 3 aromatic heterocycles. The van der Waals surface area contributed by atoms with E-state index in [0.717, 1.165) is 15.5 Å². The number of hydrogen-bond acceptors (Lipinski definition) is 8. The number of halogens is 3. The molecule has 2 N–H and O–H groups in total. The number of alkyl halides is 3. The average molecular weight is 596 g/mol. The predicted molar refractivity (Wildman–Crippen MR) is 160 cm³/mol. The monoisotopic (exact) mass is 595 g/mol. The SMILES string of the molecule is CC(C)(C)CNc1c(C#N)cnc2c(C#N)cc(N[C@H](c3cn(C4(C(F)(F)F)CC4)nn3)c3cccc4ccncc34)cc12. The topological polar surface area (TPSA) is 128 Å². The molecule has 5 aromatic rings. The van der Waals surface area contributed by atoms with Gasteiger partial charge in [-0.05, 0) is 47.4 Å². The van der Waals surface area contributed by atoms with Gasteiger partial charge in [0.25, 0.3) is 0 Å². The van der Waals surface area contributed by atoms with Crippen LogP contribution >= 0.6 is 0 Å². The third-order valence-electron chi connectivity index (χ3n) is 7.84. The number of fused-ring (bicyclic) bond motifs is 2. The fourth-order valence-corrected chi connectivity index (χ4v) is 5.35. The molecular weight excluding hydrogens is 567 g/mol. The molecule has 0 radical (unpaired) electrons. The second-order valence-corrected chi connectivity index (χ2v) is 12.2. The van der Waals surface area contributed by atoms with Crippen molar-refractivity contribution in [1.29, 1.82) is 10.5 Å². The van der Waals surface area contributed by atoms with Gasteiger partial charge in [0.05, 0.1) is 34.6 Å². The second kappa shape index (κ2) is 10.5. The summed E-state index contributed by atoms with van der Waals surface area (Å²) in [4.78, 5) is 8.69. The van der Waals surface area contributed by atoms with Crippen LogP contribution in [0.5, 0.6) is 0 Å². The number of anilines is 2. The van der Waals surface area contributed by atoms with Gasteiger partial charge < -0.3 is 10.6 Å². The van der Waals surface area contributed by atoms with E-state index in [1.807, 2.05) is 24.3 Å². The molecule has 1 fully saturated rings. The summed E-state index contributed by atoms with van der Waals surface area (Å²) in [6.07, 6.45) is 1.55. The lowest BCUT2D eigenvalue weighted by atomic mass is 9.96. The molecule has 2 aromatic carbocycles. The maximum atomic E-state index is 14.0. The van der Waals surface area contributed by atoms with Crippen LogP contribution in [-0.4, -0.2) is 37.7 Å². The Balaban J connectivity index is 1.51. The van der Waals surface area contributed by atoms with Gasteiger partial charge in [0.1, 0.15) is 17.8 Å². The van der Waals surface area contributed by atoms with E-state index in [9.17, 15) is 23.7 Å². The molecule has 6 rings (SSSR count). The molecule has 1 saturated carbocycles. The van der Waals surface area contributed by atoms with Gasteiger partial charge in [-0.15, -0.1) is 5.10 Å². The Morgan fingerprint density at radius 3 is 2.48 bits per heavy atom. The molecule has 3 heterocycles. The molecule has 0 saturated heterocycles. The molecule has 44 heavy (non-hydrogen) atoms. The van der Waals surface area contributed by atoms with Crippen LogP contribution in [0.15, 0.2) is 61.2 Å². The first kappa shape index (κ1) is 28.9. The number of benzene rings is 2. The van der Waals surface area contributed by atoms with Crippen molar-refractivity contribution in [1.82, 2.24) is 25.0 Å². The first-order valence-corrected chi connectivity index (χ1v) is 14.0. The Hall–Kier alpha value is -5.23. The van der Waals surface area contributed by atoms with Crippen molar-refractivity contribution in [3.8, 4) is 12.1 Å². The zero-order valence-electron chi connectivity index (χ0n) is 24.2. The lowest BCUT2D eigenvalue weighted by molar-refractivity contribution is -0.182. The van der Waals surface area contributed by atoms with Crippen LogP contribution in [0.1, 0.15) is 62.0 Å². The number of nitrogens with zero attached hydrogens (tertiary/aromatic N) is 7. The minimum atomic E-state index is -4.47. The maximum Gasteiger partial charge on any atom is 0.413 e. The Kier molecular flexibility index (Phi) is 6.88. The number of pyridine rings is 2. The molecule has 0 bridgehead atoms. The fourth-order valence-electron chi connectivity index (χ4n) is 5.35. The van der Waals surface area contributed by atoms with Crippen molar-refractivity contribution >= 4 is 33.1 Å². The Bertz CT molecular complexity index is 1970. The second-order valence-electron chi connectivity index (χ2n) is 12.2. The van der Waals surface area contributed by atoms with E-state index in [4.69, 9.17) is 0 Å². The average Bonchev–Trinajstić information content (AvgIpc) is 3.68. The molecule has 0 spiro atoms. The van der Waals surface area contributed by atoms with Crippen LogP contribution in [0, 0.1) is 28.1 Å². The summed E-state index contributed by atoms with van der Waals surface area (Å²) < 4.78 is 42.8. The van der Waals surface area contributed by atoms with Gasteiger partial charge in [0.15, 0.2) is 5.54 Å². The quantitative estimate of drug-likeness (QED) is 0.210. The summed E-state index contributed by atoms with van der Waals surface area (Å²) in [5.41, 5.74) is 0.864. The van der Waals surface area contributed by atoms with Crippen LogP contribution in [0.25, 0.3) is 21.7 Å². The van der Waals surface area contributed by atoms with E-state index < -0.39 is 17.8 Å². The van der Waals surface area contributed by atoms with E-state index in [-0.39, 0.29) is 29.5 Å². The smallest absolute Gasteiger partial charge is 0.383 e. The number of rotatable bonds is 7. The first-order valence-electron chi connectivity index (χ1n) is 14.0. The highest BCUT2D eigenvalue weighted by Gasteiger charge is 2.66. The zero-order valence-corrected chi connectivity index (χ0v) is 24.2. The van der Waals surface area contributed by atoms with E-state index in [0.29, 0.717) is 39.9 Å². The van der Waals surface area contributed by atoms with E-state index in [1.54, 1.807) is 24.5 Å². The molecule has 12 heteroatoms. The standard InChI is InChI=1S/C32H28F3N9/c1-30(2,3)18-40-28-21(14-37)15-39-27-20(13-36)11-22(12-24(27)28)41-29(23-6-4-5-19-7-10-38-16-25(19)23)26-17-44(43-42-26)31(8-9-31)32(33,34)35/h4-7,10-12,15-17,29,41H,8-9,18H2,1-3H3,(H,39,40)/t29-/m0/s1. The molecule has 1 atom stereocenters. The Morgan fingerprint density at radius 2 is 1.80 bits per heavy atom. The highest BCUT2D eigenvalue weighted by molar-refractivity contribution is 5.99. The summed E-state index contributed by atoms with van der Waals surface area (Å²) in [6.45, 7) is 6.73. The minimum Gasteiger partial charge on any atom is -0.383 e. The van der Waals surface area contributed by atoms with Gasteiger partial charge in [-0.3, -0.25) is 9.97 Å². The highest BCUT2D eigenvalue weighted by Crippen LogP contribution is 2.55. The van der Waals surface area contributed by atoms with Gasteiger partial charge in [-0.2, -0.15) is 23.7 Å². The molecule has 222 valence electrons. The van der Waals surface area contributed by atoms with Gasteiger partial charge >= 0.3 is 6.18 Å². The molecule has 9 nitrogen and oxygen atoms in total. The first-order chi connectivity index (χ1) is 20.9. The predicted octanol–water partition coefficient (Wildman–Crippen LogP) is 6.83. The highest BCUT2D eigenvalue weighted by atomic mass is 19.4. The van der Waals surface area contributed by atoms with Gasteiger partial charge in [0.2, 0.25) is 0 Å². The fraction of sp³-hybridized carbons (Fsp3) is 0.312. The molecule has 1 aliphatic rings. The van der Waals surface area contributed by atoms with E-state index in [1.165, 1.54) is 12.4 Å². The lowest BCUT2D eigenvalue weighted by Crippen LogP contribution is -2.35. The van der Waals surface area contributed by atoms with E-state index >= 15 is 0 Å². The third-order valence-corrected chi connectivity index (χ3v) is 7.84. The number of nitrogens with one attached hydrogen (secondary N) is 2. The summed E-state index contributed by atoms with van der Waals surface area (Å²) in [6, 6.07) is 14.5. The van der Waals surface area contributed by atoms with Gasteiger partial charge in [-0.25, -0.2) is 4.68 Å². The Morgan fingerprint density at radius 1 is 1.02 bits per heavy atom. The van der Waals surface area contributed by atoms with Crippen molar-refractivity contribution in [2.24, 2.45) is 5.41 Å². The van der Waals surface area contributed by atoms with Crippen molar-refractivity contribution in [3.05, 3.63) is 83.6 Å². The van der Waals surface area contributed by atoms with Crippen LogP contribution < -0.4 is 10.6 Å². The van der Waals surface area contributed by atoms with Crippen molar-refractivity contribution in [2.75, 3.05) is 17.2 Å².